The van der Waals surface area contributed by atoms with E-state index in [-0.39, 0.29) is 5.78 Å². The van der Waals surface area contributed by atoms with Crippen molar-refractivity contribution >= 4 is 44.7 Å². The summed E-state index contributed by atoms with van der Waals surface area (Å²) in [6.45, 7) is 1.62. The van der Waals surface area contributed by atoms with Gasteiger partial charge in [0.25, 0.3) is 0 Å². The van der Waals surface area contributed by atoms with E-state index in [1.54, 1.807) is 19.1 Å². The van der Waals surface area contributed by atoms with Crippen LogP contribution in [0.15, 0.2) is 42.5 Å². The Bertz CT molecular complexity index is 851. The molecule has 0 aromatic heterocycles. The van der Waals surface area contributed by atoms with Crippen LogP contribution in [0.4, 0.5) is 5.69 Å². The zero-order chi connectivity index (χ0) is 17.9. The molecule has 0 unspecified atom stereocenters. The van der Waals surface area contributed by atoms with Crippen molar-refractivity contribution < 1.29 is 17.9 Å². The van der Waals surface area contributed by atoms with Crippen molar-refractivity contribution in [2.24, 2.45) is 0 Å². The first kappa shape index (κ1) is 18.6. The van der Waals surface area contributed by atoms with Gasteiger partial charge in [-0.1, -0.05) is 23.2 Å². The molecule has 5 nitrogen and oxygen atoms in total. The van der Waals surface area contributed by atoms with E-state index in [9.17, 15) is 13.2 Å². The smallest absolute Gasteiger partial charge is 0.229 e. The van der Waals surface area contributed by atoms with Gasteiger partial charge >= 0.3 is 0 Å². The molecule has 2 aromatic carbocycles. The summed E-state index contributed by atoms with van der Waals surface area (Å²) < 4.78 is 30.2. The van der Waals surface area contributed by atoms with Gasteiger partial charge in [-0.25, -0.2) is 8.42 Å². The van der Waals surface area contributed by atoms with E-state index in [4.69, 9.17) is 27.9 Å². The van der Waals surface area contributed by atoms with Gasteiger partial charge < -0.3 is 4.74 Å². The molecule has 128 valence electrons. The Morgan fingerprint density at radius 2 is 1.71 bits per heavy atom. The highest BCUT2D eigenvalue weighted by molar-refractivity contribution is 7.92. The number of ether oxygens (including phenoxy) is 1. The van der Waals surface area contributed by atoms with E-state index in [0.717, 1.165) is 6.26 Å². The third-order valence-corrected chi connectivity index (χ3v) is 4.39. The highest BCUT2D eigenvalue weighted by Crippen LogP contribution is 2.27. The Kier molecular flexibility index (Phi) is 5.74. The Morgan fingerprint density at radius 1 is 1.08 bits per heavy atom. The fraction of sp³-hybridized carbons (Fsp3) is 0.188. The van der Waals surface area contributed by atoms with Gasteiger partial charge in [-0.3, -0.25) is 9.52 Å². The van der Waals surface area contributed by atoms with Crippen molar-refractivity contribution in [2.45, 2.75) is 13.0 Å². The van der Waals surface area contributed by atoms with Gasteiger partial charge in [0.15, 0.2) is 6.10 Å². The molecule has 1 atom stereocenters. The maximum atomic E-state index is 12.4. The summed E-state index contributed by atoms with van der Waals surface area (Å²) in [6.07, 6.45) is 0.315. The van der Waals surface area contributed by atoms with E-state index in [0.29, 0.717) is 27.0 Å². The Balaban J connectivity index is 2.08. The van der Waals surface area contributed by atoms with Crippen LogP contribution in [0.3, 0.4) is 0 Å². The maximum absolute atomic E-state index is 12.4. The normalized spacial score (nSPS) is 12.5. The van der Waals surface area contributed by atoms with Crippen molar-refractivity contribution in [3.05, 3.63) is 58.1 Å². The third kappa shape index (κ3) is 5.12. The number of Topliss-reactive ketones (excluding diaryl/α,β-unsaturated/α-hetero) is 1. The lowest BCUT2D eigenvalue weighted by atomic mass is 10.1. The summed E-state index contributed by atoms with van der Waals surface area (Å²) in [5.74, 6) is 0.188. The van der Waals surface area contributed by atoms with Gasteiger partial charge in [-0.2, -0.15) is 0 Å². The van der Waals surface area contributed by atoms with Crippen LogP contribution in [0.1, 0.15) is 17.3 Å². The molecular weight excluding hydrogens is 373 g/mol. The third-order valence-electron chi connectivity index (χ3n) is 3.05. The van der Waals surface area contributed by atoms with Crippen LogP contribution in [0, 0.1) is 0 Å². The standard InChI is InChI=1S/C16H15Cl2NO4S/c1-10(23-13-7-8-14(17)15(18)9-13)16(20)11-3-5-12(6-4-11)19-24(2,21)22/h3-10,19H,1-2H3/t10-/m1/s1. The van der Waals surface area contributed by atoms with Gasteiger partial charge in [-0.15, -0.1) is 0 Å². The van der Waals surface area contributed by atoms with Gasteiger partial charge in [-0.05, 0) is 43.3 Å². The van der Waals surface area contributed by atoms with E-state index in [1.807, 2.05) is 0 Å². The Hall–Kier alpha value is -1.76. The van der Waals surface area contributed by atoms with Crippen LogP contribution in [0.25, 0.3) is 0 Å². The van der Waals surface area contributed by atoms with Crippen LogP contribution < -0.4 is 9.46 Å². The number of sulfonamides is 1. The molecule has 1 N–H and O–H groups in total. The second-order valence-electron chi connectivity index (χ2n) is 5.15. The highest BCUT2D eigenvalue weighted by Gasteiger charge is 2.17. The molecule has 0 radical (unpaired) electrons. The molecule has 0 saturated carbocycles. The minimum absolute atomic E-state index is 0.244. The zero-order valence-corrected chi connectivity index (χ0v) is 15.2. The Labute approximate surface area is 150 Å². The first-order valence-corrected chi connectivity index (χ1v) is 9.54. The monoisotopic (exact) mass is 387 g/mol. The molecule has 8 heteroatoms. The van der Waals surface area contributed by atoms with E-state index in [1.165, 1.54) is 30.3 Å². The molecule has 2 aromatic rings. The molecule has 0 spiro atoms. The van der Waals surface area contributed by atoms with Crippen LogP contribution in [-0.4, -0.2) is 26.6 Å². The van der Waals surface area contributed by atoms with Crippen LogP contribution in [0.5, 0.6) is 5.75 Å². The minimum atomic E-state index is -3.36. The van der Waals surface area contributed by atoms with Gasteiger partial charge in [0.2, 0.25) is 15.8 Å². The second kappa shape index (κ2) is 7.42. The number of ketones is 1. The number of rotatable bonds is 6. The predicted molar refractivity (Wildman–Crippen MR) is 95.8 cm³/mol. The van der Waals surface area contributed by atoms with E-state index < -0.39 is 16.1 Å². The second-order valence-corrected chi connectivity index (χ2v) is 7.71. The summed E-state index contributed by atoms with van der Waals surface area (Å²) in [6, 6.07) is 10.8. The van der Waals surface area contributed by atoms with E-state index in [2.05, 4.69) is 4.72 Å². The maximum Gasteiger partial charge on any atom is 0.229 e. The van der Waals surface area contributed by atoms with Crippen LogP contribution >= 0.6 is 23.2 Å². The molecule has 0 bridgehead atoms. The fourth-order valence-electron chi connectivity index (χ4n) is 1.96. The molecule has 0 heterocycles. The molecule has 0 aliphatic rings. The number of carbonyl (C=O) groups excluding carboxylic acids is 1. The topological polar surface area (TPSA) is 72.5 Å². The molecule has 2 rings (SSSR count). The number of carbonyl (C=O) groups is 1. The quantitative estimate of drug-likeness (QED) is 0.759. The predicted octanol–water partition coefficient (Wildman–Crippen LogP) is 4.02. The lowest BCUT2D eigenvalue weighted by molar-refractivity contribution is 0.0818. The SMILES string of the molecule is C[C@@H](Oc1ccc(Cl)c(Cl)c1)C(=O)c1ccc(NS(C)(=O)=O)cc1. The van der Waals surface area contributed by atoms with Crippen molar-refractivity contribution in [1.82, 2.24) is 0 Å². The van der Waals surface area contributed by atoms with Crippen LogP contribution in [-0.2, 0) is 10.0 Å². The summed E-state index contributed by atoms with van der Waals surface area (Å²) in [7, 11) is -3.36. The number of nitrogens with one attached hydrogen (secondary N) is 1. The van der Waals surface area contributed by atoms with Gasteiger partial charge in [0.1, 0.15) is 5.75 Å². The first-order chi connectivity index (χ1) is 11.2. The van der Waals surface area contributed by atoms with Crippen molar-refractivity contribution in [3.63, 3.8) is 0 Å². The van der Waals surface area contributed by atoms with Crippen molar-refractivity contribution in [2.75, 3.05) is 11.0 Å². The molecule has 0 saturated heterocycles. The summed E-state index contributed by atoms with van der Waals surface area (Å²) in [5, 5.41) is 0.738. The molecular formula is C16H15Cl2NO4S. The number of benzene rings is 2. The fourth-order valence-corrected chi connectivity index (χ4v) is 2.81. The number of hydrogen-bond acceptors (Lipinski definition) is 4. The lowest BCUT2D eigenvalue weighted by Crippen LogP contribution is -2.24. The molecule has 0 aliphatic carbocycles. The molecule has 0 aliphatic heterocycles. The van der Waals surface area contributed by atoms with Gasteiger partial charge in [0, 0.05) is 17.3 Å². The number of anilines is 1. The largest absolute Gasteiger partial charge is 0.483 e. The summed E-state index contributed by atoms with van der Waals surface area (Å²) in [4.78, 5) is 12.4. The molecule has 0 fully saturated rings. The average Bonchev–Trinajstić information content (AvgIpc) is 2.49. The van der Waals surface area contributed by atoms with Crippen molar-refractivity contribution in [1.29, 1.82) is 0 Å². The molecule has 24 heavy (non-hydrogen) atoms. The van der Waals surface area contributed by atoms with E-state index >= 15 is 0 Å². The molecule has 0 amide bonds. The lowest BCUT2D eigenvalue weighted by Gasteiger charge is -2.14. The Morgan fingerprint density at radius 3 is 2.25 bits per heavy atom. The van der Waals surface area contributed by atoms with Crippen molar-refractivity contribution in [3.8, 4) is 5.75 Å². The first-order valence-electron chi connectivity index (χ1n) is 6.89. The highest BCUT2D eigenvalue weighted by atomic mass is 35.5. The van der Waals surface area contributed by atoms with Crippen LogP contribution in [0.2, 0.25) is 10.0 Å². The van der Waals surface area contributed by atoms with Gasteiger partial charge in [0.05, 0.1) is 16.3 Å². The summed E-state index contributed by atoms with van der Waals surface area (Å²) in [5.41, 5.74) is 0.786. The average molecular weight is 388 g/mol. The number of hydrogen-bond donors (Lipinski definition) is 1. The minimum Gasteiger partial charge on any atom is -0.483 e. The summed E-state index contributed by atoms with van der Waals surface area (Å²) >= 11 is 11.7. The zero-order valence-electron chi connectivity index (χ0n) is 12.9. The number of halogens is 2.